The number of amides is 1. The number of benzene rings is 2. The van der Waals surface area contributed by atoms with Crippen LogP contribution in [0.25, 0.3) is 0 Å². The zero-order valence-corrected chi connectivity index (χ0v) is 19.0. The summed E-state index contributed by atoms with van der Waals surface area (Å²) in [5, 5.41) is 3.07. The van der Waals surface area contributed by atoms with Gasteiger partial charge in [0.1, 0.15) is 0 Å². The average Bonchev–Trinajstić information content (AvgIpc) is 3.16. The second-order valence-electron chi connectivity index (χ2n) is 8.90. The van der Waals surface area contributed by atoms with Crippen molar-refractivity contribution in [1.82, 2.24) is 14.9 Å². The van der Waals surface area contributed by atoms with Crippen LogP contribution in [0.3, 0.4) is 0 Å². The molecule has 0 bridgehead atoms. The van der Waals surface area contributed by atoms with Gasteiger partial charge in [0, 0.05) is 23.7 Å². The number of nitrogens with zero attached hydrogens (tertiary/aromatic N) is 1. The maximum atomic E-state index is 13.0. The van der Waals surface area contributed by atoms with E-state index in [1.165, 1.54) is 0 Å². The molecule has 1 fully saturated rings. The Morgan fingerprint density at radius 3 is 2.32 bits per heavy atom. The first-order valence-electron chi connectivity index (χ1n) is 11.1. The predicted molar refractivity (Wildman–Crippen MR) is 122 cm³/mol. The van der Waals surface area contributed by atoms with Crippen molar-refractivity contribution in [2.24, 2.45) is 0 Å². The first-order chi connectivity index (χ1) is 14.8. The molecule has 1 saturated heterocycles. The molecule has 1 aliphatic carbocycles. The van der Waals surface area contributed by atoms with Crippen LogP contribution in [0, 0.1) is 0 Å². The van der Waals surface area contributed by atoms with Crippen LogP contribution in [0.1, 0.15) is 48.2 Å². The first kappa shape index (κ1) is 22.0. The highest BCUT2D eigenvalue weighted by Crippen LogP contribution is 2.26. The third-order valence-corrected chi connectivity index (χ3v) is 7.89. The number of fused-ring (bicyclic) bond motifs is 1. The molecule has 0 aromatic heterocycles. The van der Waals surface area contributed by atoms with Gasteiger partial charge in [0.2, 0.25) is 10.0 Å². The normalized spacial score (nSPS) is 20.0. The van der Waals surface area contributed by atoms with Crippen LogP contribution in [0.15, 0.2) is 53.4 Å². The lowest BCUT2D eigenvalue weighted by Crippen LogP contribution is -2.46. The second kappa shape index (κ2) is 9.10. The fraction of sp³-hybridized carbons (Fsp3) is 0.458. The van der Waals surface area contributed by atoms with Crippen LogP contribution in [-0.2, 0) is 22.9 Å². The van der Waals surface area contributed by atoms with Gasteiger partial charge < -0.3 is 10.2 Å². The lowest BCUT2D eigenvalue weighted by atomic mass is 10.1. The number of hydrogen-bond donors (Lipinski definition) is 2. The van der Waals surface area contributed by atoms with E-state index < -0.39 is 10.0 Å². The molecule has 1 heterocycles. The van der Waals surface area contributed by atoms with E-state index in [0.717, 1.165) is 43.5 Å². The molecule has 1 aliphatic heterocycles. The molecule has 0 spiro atoms. The van der Waals surface area contributed by atoms with Gasteiger partial charge in [0.15, 0.2) is 0 Å². The average molecular weight is 442 g/mol. The summed E-state index contributed by atoms with van der Waals surface area (Å²) >= 11 is 0. The zero-order chi connectivity index (χ0) is 22.0. The summed E-state index contributed by atoms with van der Waals surface area (Å²) in [6.45, 7) is 6.17. The van der Waals surface area contributed by atoms with E-state index in [1.54, 1.807) is 24.3 Å². The molecule has 6 nitrogen and oxygen atoms in total. The van der Waals surface area contributed by atoms with Crippen molar-refractivity contribution >= 4 is 15.9 Å². The summed E-state index contributed by atoms with van der Waals surface area (Å²) in [7, 11) is -3.56. The number of nitrogens with one attached hydrogen (secondary N) is 2. The lowest BCUT2D eigenvalue weighted by Gasteiger charge is -2.34. The van der Waals surface area contributed by atoms with Gasteiger partial charge in [-0.2, -0.15) is 0 Å². The van der Waals surface area contributed by atoms with Crippen molar-refractivity contribution in [1.29, 1.82) is 0 Å². The summed E-state index contributed by atoms with van der Waals surface area (Å²) < 4.78 is 28.8. The van der Waals surface area contributed by atoms with E-state index in [2.05, 4.69) is 28.8 Å². The molecule has 0 radical (unpaired) electrons. The minimum absolute atomic E-state index is 0.0195. The van der Waals surface area contributed by atoms with Crippen molar-refractivity contribution in [3.05, 3.63) is 65.2 Å². The topological polar surface area (TPSA) is 78.5 Å². The summed E-state index contributed by atoms with van der Waals surface area (Å²) in [6, 6.07) is 14.9. The SMILES string of the molecule is CC(C)N1CCC(NS(=O)(=O)c2ccc3c(c2)CC(NC(=O)c2ccccc2)C3)CC1. The smallest absolute Gasteiger partial charge is 0.251 e. The number of carbonyl (C=O) groups is 1. The van der Waals surface area contributed by atoms with Crippen LogP contribution in [0.2, 0.25) is 0 Å². The molecule has 2 aromatic rings. The van der Waals surface area contributed by atoms with Crippen molar-refractivity contribution in [2.75, 3.05) is 13.1 Å². The Morgan fingerprint density at radius 1 is 0.968 bits per heavy atom. The van der Waals surface area contributed by atoms with E-state index in [9.17, 15) is 13.2 Å². The fourth-order valence-corrected chi connectivity index (χ4v) is 5.90. The second-order valence-corrected chi connectivity index (χ2v) is 10.6. The van der Waals surface area contributed by atoms with E-state index in [0.29, 0.717) is 22.9 Å². The first-order valence-corrected chi connectivity index (χ1v) is 12.5. The van der Waals surface area contributed by atoms with Crippen LogP contribution in [0.4, 0.5) is 0 Å². The summed E-state index contributed by atoms with van der Waals surface area (Å²) in [5.41, 5.74) is 2.73. The molecule has 7 heteroatoms. The highest BCUT2D eigenvalue weighted by atomic mass is 32.2. The monoisotopic (exact) mass is 441 g/mol. The predicted octanol–water partition coefficient (Wildman–Crippen LogP) is 2.73. The number of hydrogen-bond acceptors (Lipinski definition) is 4. The van der Waals surface area contributed by atoms with Crippen LogP contribution in [0.5, 0.6) is 0 Å². The van der Waals surface area contributed by atoms with Crippen molar-refractivity contribution in [3.63, 3.8) is 0 Å². The number of sulfonamides is 1. The number of rotatable bonds is 6. The van der Waals surface area contributed by atoms with Crippen molar-refractivity contribution in [2.45, 2.75) is 62.6 Å². The van der Waals surface area contributed by atoms with Crippen molar-refractivity contribution < 1.29 is 13.2 Å². The molecule has 2 aromatic carbocycles. The van der Waals surface area contributed by atoms with E-state index in [4.69, 9.17) is 0 Å². The Morgan fingerprint density at radius 2 is 1.65 bits per heavy atom. The van der Waals surface area contributed by atoms with E-state index in [1.807, 2.05) is 24.3 Å². The molecule has 4 rings (SSSR count). The van der Waals surface area contributed by atoms with Crippen LogP contribution < -0.4 is 10.0 Å². The molecule has 1 amide bonds. The van der Waals surface area contributed by atoms with Gasteiger partial charge in [-0.25, -0.2) is 13.1 Å². The lowest BCUT2D eigenvalue weighted by molar-refractivity contribution is 0.0938. The van der Waals surface area contributed by atoms with Gasteiger partial charge in [0.25, 0.3) is 5.91 Å². The van der Waals surface area contributed by atoms with Gasteiger partial charge in [-0.3, -0.25) is 4.79 Å². The van der Waals surface area contributed by atoms with Gasteiger partial charge in [-0.15, -0.1) is 0 Å². The Hall–Kier alpha value is -2.22. The minimum atomic E-state index is -3.56. The summed E-state index contributed by atoms with van der Waals surface area (Å²) in [5.74, 6) is -0.0966. The minimum Gasteiger partial charge on any atom is -0.349 e. The molecule has 2 aliphatic rings. The molecule has 1 unspecified atom stereocenters. The summed E-state index contributed by atoms with van der Waals surface area (Å²) in [6.07, 6.45) is 3.02. The molecular weight excluding hydrogens is 410 g/mol. The number of likely N-dealkylation sites (tertiary alicyclic amines) is 1. The van der Waals surface area contributed by atoms with Gasteiger partial charge in [-0.1, -0.05) is 24.3 Å². The van der Waals surface area contributed by atoms with Crippen LogP contribution in [-0.4, -0.2) is 50.4 Å². The highest BCUT2D eigenvalue weighted by Gasteiger charge is 2.28. The zero-order valence-electron chi connectivity index (χ0n) is 18.2. The molecule has 166 valence electrons. The van der Waals surface area contributed by atoms with Crippen LogP contribution >= 0.6 is 0 Å². The highest BCUT2D eigenvalue weighted by molar-refractivity contribution is 7.89. The quantitative estimate of drug-likeness (QED) is 0.723. The third kappa shape index (κ3) is 5.17. The molecule has 31 heavy (non-hydrogen) atoms. The fourth-order valence-electron chi connectivity index (χ4n) is 4.54. The van der Waals surface area contributed by atoms with Crippen molar-refractivity contribution in [3.8, 4) is 0 Å². The molecule has 0 saturated carbocycles. The Balaban J connectivity index is 1.38. The third-order valence-electron chi connectivity index (χ3n) is 6.37. The van der Waals surface area contributed by atoms with Gasteiger partial charge >= 0.3 is 0 Å². The number of piperidine rings is 1. The molecule has 2 N–H and O–H groups in total. The largest absolute Gasteiger partial charge is 0.349 e. The van der Waals surface area contributed by atoms with E-state index in [-0.39, 0.29) is 18.0 Å². The number of carbonyl (C=O) groups excluding carboxylic acids is 1. The van der Waals surface area contributed by atoms with Gasteiger partial charge in [-0.05, 0) is 88.0 Å². The Kier molecular flexibility index (Phi) is 6.46. The van der Waals surface area contributed by atoms with Gasteiger partial charge in [0.05, 0.1) is 4.90 Å². The Labute approximate surface area is 185 Å². The van der Waals surface area contributed by atoms with E-state index >= 15 is 0 Å². The standard InChI is InChI=1S/C24H31N3O3S/c1-17(2)27-12-10-21(11-13-27)26-31(29,30)23-9-8-19-14-22(15-20(19)16-23)25-24(28)18-6-4-3-5-7-18/h3-9,16-17,21-22,26H,10-15H2,1-2H3,(H,25,28). The maximum Gasteiger partial charge on any atom is 0.251 e. The maximum absolute atomic E-state index is 13.0. The Bertz CT molecular complexity index is 1030. The molecule has 1 atom stereocenters. The summed E-state index contributed by atoms with van der Waals surface area (Å²) in [4.78, 5) is 15.1. The molecular formula is C24H31N3O3S.